The SMILES string of the molecule is CCCCC(CC)C(=O)Nc1ccc(OC)c(-c2nc3n(n2)C(=Nc2ccc(N(CC)CCCC)cc2C)C(C#N)=C3C(=O)O)c1. The lowest BCUT2D eigenvalue weighted by Gasteiger charge is -2.23. The van der Waals surface area contributed by atoms with E-state index in [-0.39, 0.29) is 40.5 Å². The topological polar surface area (TPSA) is 146 Å². The number of carbonyl (C=O) groups excluding carboxylic acids is 1. The highest BCUT2D eigenvalue weighted by Gasteiger charge is 2.36. The predicted molar refractivity (Wildman–Crippen MR) is 181 cm³/mol. The molecule has 1 atom stereocenters. The van der Waals surface area contributed by atoms with Crippen LogP contribution in [0.1, 0.15) is 77.6 Å². The number of carboxylic acids is 1. The summed E-state index contributed by atoms with van der Waals surface area (Å²) in [6, 6.07) is 13.1. The number of rotatable bonds is 15. The van der Waals surface area contributed by atoms with Crippen LogP contribution in [-0.4, -0.2) is 57.8 Å². The number of aliphatic carboxylic acids is 1. The van der Waals surface area contributed by atoms with Crippen molar-refractivity contribution in [2.45, 2.75) is 73.1 Å². The van der Waals surface area contributed by atoms with Gasteiger partial charge < -0.3 is 20.1 Å². The Morgan fingerprint density at radius 1 is 1.13 bits per heavy atom. The van der Waals surface area contributed by atoms with Crippen LogP contribution in [0.3, 0.4) is 0 Å². The summed E-state index contributed by atoms with van der Waals surface area (Å²) in [5.74, 6) is -0.801. The van der Waals surface area contributed by atoms with E-state index in [0.29, 0.717) is 22.7 Å². The molecule has 0 spiro atoms. The van der Waals surface area contributed by atoms with Crippen molar-refractivity contribution in [3.63, 3.8) is 0 Å². The van der Waals surface area contributed by atoms with Crippen LogP contribution < -0.4 is 15.0 Å². The number of allylic oxidation sites excluding steroid dienone is 1. The van der Waals surface area contributed by atoms with Gasteiger partial charge in [-0.1, -0.05) is 40.0 Å². The number of hydrogen-bond acceptors (Lipinski definition) is 8. The summed E-state index contributed by atoms with van der Waals surface area (Å²) in [4.78, 5) is 37.1. The summed E-state index contributed by atoms with van der Waals surface area (Å²) in [5.41, 5.74) is 3.13. The molecule has 0 fully saturated rings. The van der Waals surface area contributed by atoms with E-state index in [0.717, 1.165) is 62.9 Å². The molecular formula is C35H43N7O4. The minimum absolute atomic E-state index is 0.00842. The quantitative estimate of drug-likeness (QED) is 0.184. The maximum atomic E-state index is 13.0. The molecule has 0 aliphatic carbocycles. The lowest BCUT2D eigenvalue weighted by molar-refractivity contribution is -0.130. The summed E-state index contributed by atoms with van der Waals surface area (Å²) in [5, 5.41) is 27.8. The van der Waals surface area contributed by atoms with Crippen LogP contribution in [0.2, 0.25) is 0 Å². The number of carboxylic acid groups (broad SMARTS) is 1. The fraction of sp³-hybridized carbons (Fsp3) is 0.429. The van der Waals surface area contributed by atoms with E-state index in [1.165, 1.54) is 11.8 Å². The molecular weight excluding hydrogens is 582 g/mol. The third-order valence-electron chi connectivity index (χ3n) is 8.24. The molecule has 242 valence electrons. The first kappa shape index (κ1) is 33.9. The van der Waals surface area contributed by atoms with E-state index in [1.54, 1.807) is 18.2 Å². The van der Waals surface area contributed by atoms with Gasteiger partial charge in [0.05, 0.1) is 18.4 Å². The molecule has 4 rings (SSSR count). The minimum Gasteiger partial charge on any atom is -0.496 e. The average molecular weight is 626 g/mol. The Hall–Kier alpha value is -4.98. The zero-order valence-corrected chi connectivity index (χ0v) is 27.6. The van der Waals surface area contributed by atoms with Crippen molar-refractivity contribution in [3.8, 4) is 23.2 Å². The van der Waals surface area contributed by atoms with E-state index < -0.39 is 5.97 Å². The molecule has 11 nitrogen and oxygen atoms in total. The number of aromatic nitrogens is 3. The largest absolute Gasteiger partial charge is 0.496 e. The second kappa shape index (κ2) is 15.3. The monoisotopic (exact) mass is 625 g/mol. The van der Waals surface area contributed by atoms with Crippen molar-refractivity contribution in [1.82, 2.24) is 14.8 Å². The van der Waals surface area contributed by atoms with Crippen LogP contribution in [-0.2, 0) is 9.59 Å². The first-order chi connectivity index (χ1) is 22.2. The normalized spacial score (nSPS) is 13.8. The zero-order chi connectivity index (χ0) is 33.4. The van der Waals surface area contributed by atoms with Gasteiger partial charge in [-0.3, -0.25) is 4.79 Å². The first-order valence-corrected chi connectivity index (χ1v) is 16.0. The van der Waals surface area contributed by atoms with Gasteiger partial charge in [0.1, 0.15) is 23.0 Å². The Bertz CT molecular complexity index is 1700. The van der Waals surface area contributed by atoms with Crippen molar-refractivity contribution in [3.05, 3.63) is 53.4 Å². The molecule has 3 aromatic rings. The molecule has 2 heterocycles. The molecule has 0 saturated heterocycles. The van der Waals surface area contributed by atoms with E-state index in [9.17, 15) is 20.0 Å². The molecule has 11 heteroatoms. The number of amides is 1. The van der Waals surface area contributed by atoms with Gasteiger partial charge in [0.15, 0.2) is 17.5 Å². The smallest absolute Gasteiger partial charge is 0.341 e. The summed E-state index contributed by atoms with van der Waals surface area (Å²) in [7, 11) is 1.51. The van der Waals surface area contributed by atoms with Crippen molar-refractivity contribution in [1.29, 1.82) is 5.26 Å². The van der Waals surface area contributed by atoms with Gasteiger partial charge in [0, 0.05) is 30.4 Å². The fourth-order valence-electron chi connectivity index (χ4n) is 5.55. The Morgan fingerprint density at radius 3 is 2.50 bits per heavy atom. The van der Waals surface area contributed by atoms with Crippen molar-refractivity contribution in [2.24, 2.45) is 10.9 Å². The lowest BCUT2D eigenvalue weighted by Crippen LogP contribution is -2.23. The molecule has 1 unspecified atom stereocenters. The number of nitrogens with one attached hydrogen (secondary N) is 1. The van der Waals surface area contributed by atoms with Crippen molar-refractivity contribution in [2.75, 3.05) is 30.4 Å². The molecule has 2 N–H and O–H groups in total. The highest BCUT2D eigenvalue weighted by Crippen LogP contribution is 2.36. The number of carbonyl (C=O) groups is 2. The number of unbranched alkanes of at least 4 members (excludes halogenated alkanes) is 2. The molecule has 0 radical (unpaired) electrons. The summed E-state index contributed by atoms with van der Waals surface area (Å²) >= 11 is 0. The number of aryl methyl sites for hydroxylation is 1. The second-order valence-electron chi connectivity index (χ2n) is 11.3. The number of ether oxygens (including phenoxy) is 1. The van der Waals surface area contributed by atoms with Crippen LogP contribution in [0, 0.1) is 24.2 Å². The second-order valence-corrected chi connectivity index (χ2v) is 11.3. The third-order valence-corrected chi connectivity index (χ3v) is 8.24. The van der Waals surface area contributed by atoms with E-state index in [1.807, 2.05) is 38.1 Å². The molecule has 1 aromatic heterocycles. The predicted octanol–water partition coefficient (Wildman–Crippen LogP) is 7.00. The Morgan fingerprint density at radius 2 is 1.89 bits per heavy atom. The summed E-state index contributed by atoms with van der Waals surface area (Å²) in [6.07, 6.45) is 5.71. The Labute approximate surface area is 270 Å². The molecule has 1 amide bonds. The first-order valence-electron chi connectivity index (χ1n) is 16.0. The third kappa shape index (κ3) is 7.12. The number of hydrogen-bond donors (Lipinski definition) is 2. The fourth-order valence-corrected chi connectivity index (χ4v) is 5.55. The molecule has 0 saturated carbocycles. The standard InChI is InChI=1S/C35H43N7O4/c1-7-11-13-23(9-3)34(43)37-24-14-17-29(46-6)26(20-24)31-39-33-30(35(44)45)27(21-36)32(42(33)40-31)38-28-16-15-25(19-22(28)5)41(10-4)18-12-8-2/h14-17,19-20,23H,7-13,18H2,1-6H3,(H,37,43)(H,44,45). The van der Waals surface area contributed by atoms with Gasteiger partial charge in [0.2, 0.25) is 5.91 Å². The van der Waals surface area contributed by atoms with Gasteiger partial charge in [0.25, 0.3) is 0 Å². The highest BCUT2D eigenvalue weighted by atomic mass is 16.5. The molecule has 0 bridgehead atoms. The lowest BCUT2D eigenvalue weighted by atomic mass is 9.98. The van der Waals surface area contributed by atoms with Crippen LogP contribution in [0.15, 0.2) is 47.0 Å². The number of aliphatic imine (C=N–C) groups is 1. The number of nitriles is 1. The molecule has 1 aliphatic heterocycles. The van der Waals surface area contributed by atoms with Gasteiger partial charge in [-0.05, 0) is 75.1 Å². The van der Waals surface area contributed by atoms with Gasteiger partial charge in [-0.2, -0.15) is 9.94 Å². The number of methoxy groups -OCH3 is 1. The number of fused-ring (bicyclic) bond motifs is 1. The van der Waals surface area contributed by atoms with E-state index >= 15 is 0 Å². The van der Waals surface area contributed by atoms with Crippen LogP contribution in [0.4, 0.5) is 17.1 Å². The molecule has 2 aromatic carbocycles. The maximum absolute atomic E-state index is 13.0. The van der Waals surface area contributed by atoms with E-state index in [4.69, 9.17) is 9.73 Å². The highest BCUT2D eigenvalue weighted by molar-refractivity contribution is 6.29. The zero-order valence-electron chi connectivity index (χ0n) is 27.6. The minimum atomic E-state index is -1.31. The van der Waals surface area contributed by atoms with Gasteiger partial charge in [-0.25, -0.2) is 14.8 Å². The van der Waals surface area contributed by atoms with Gasteiger partial charge in [-0.15, -0.1) is 5.10 Å². The van der Waals surface area contributed by atoms with Gasteiger partial charge >= 0.3 is 5.97 Å². The number of benzene rings is 2. The van der Waals surface area contributed by atoms with Crippen LogP contribution in [0.25, 0.3) is 17.0 Å². The van der Waals surface area contributed by atoms with Crippen LogP contribution in [0.5, 0.6) is 5.75 Å². The molecule has 46 heavy (non-hydrogen) atoms. The Kier molecular flexibility index (Phi) is 11.3. The Balaban J connectivity index is 1.76. The van der Waals surface area contributed by atoms with Crippen LogP contribution >= 0.6 is 0 Å². The van der Waals surface area contributed by atoms with Crippen molar-refractivity contribution >= 4 is 40.3 Å². The summed E-state index contributed by atoms with van der Waals surface area (Å²) in [6.45, 7) is 12.1. The molecule has 1 aliphatic rings. The number of nitrogens with zero attached hydrogens (tertiary/aromatic N) is 6. The summed E-state index contributed by atoms with van der Waals surface area (Å²) < 4.78 is 6.88. The van der Waals surface area contributed by atoms with E-state index in [2.05, 4.69) is 41.1 Å². The van der Waals surface area contributed by atoms with Crippen molar-refractivity contribution < 1.29 is 19.4 Å². The average Bonchev–Trinajstić information content (AvgIpc) is 3.60. The number of anilines is 2. The maximum Gasteiger partial charge on any atom is 0.341 e.